The average Bonchev–Trinajstić information content (AvgIpc) is 1.80. The number of alkyl halides is 1. The average molecular weight is 132 g/mol. The Hall–Kier alpha value is -0.110. The van der Waals surface area contributed by atoms with E-state index in [1.54, 1.807) is 6.92 Å². The summed E-state index contributed by atoms with van der Waals surface area (Å²) in [6.45, 7) is 4.52. The first-order chi connectivity index (χ1) is 4.20. The quantitative estimate of drug-likeness (QED) is 0.488. The second-order valence-electron chi connectivity index (χ2n) is 2.90. The van der Waals surface area contributed by atoms with Crippen LogP contribution in [0.15, 0.2) is 0 Å². The highest BCUT2D eigenvalue weighted by Crippen LogP contribution is 2.20. The van der Waals surface area contributed by atoms with Crippen LogP contribution in [-0.2, 0) is 4.74 Å². The highest BCUT2D eigenvalue weighted by Gasteiger charge is 2.25. The predicted molar refractivity (Wildman–Crippen MR) is 34.1 cm³/mol. The predicted octanol–water partition coefficient (Wildman–Crippen LogP) is 1.77. The second kappa shape index (κ2) is 2.65. The van der Waals surface area contributed by atoms with Crippen molar-refractivity contribution in [3.05, 3.63) is 0 Å². The maximum atomic E-state index is 12.7. The lowest BCUT2D eigenvalue weighted by atomic mass is 10.00. The van der Waals surface area contributed by atoms with Crippen molar-refractivity contribution in [2.24, 2.45) is 5.92 Å². The molecule has 0 aromatic rings. The first-order valence-corrected chi connectivity index (χ1v) is 3.46. The van der Waals surface area contributed by atoms with E-state index < -0.39 is 6.17 Å². The van der Waals surface area contributed by atoms with E-state index in [9.17, 15) is 4.39 Å². The van der Waals surface area contributed by atoms with Gasteiger partial charge in [-0.1, -0.05) is 6.92 Å². The van der Waals surface area contributed by atoms with Crippen molar-refractivity contribution in [3.8, 4) is 0 Å². The third-order valence-electron chi connectivity index (χ3n) is 1.78. The molecule has 0 saturated carbocycles. The van der Waals surface area contributed by atoms with Crippen LogP contribution in [-0.4, -0.2) is 18.9 Å². The van der Waals surface area contributed by atoms with E-state index in [1.165, 1.54) is 0 Å². The van der Waals surface area contributed by atoms with Crippen LogP contribution in [0.1, 0.15) is 20.3 Å². The van der Waals surface area contributed by atoms with Gasteiger partial charge in [0.2, 0.25) is 0 Å². The molecule has 1 saturated heterocycles. The largest absolute Gasteiger partial charge is 0.375 e. The molecule has 0 aromatic heterocycles. The van der Waals surface area contributed by atoms with Crippen LogP contribution < -0.4 is 0 Å². The third-order valence-corrected chi connectivity index (χ3v) is 1.78. The second-order valence-corrected chi connectivity index (χ2v) is 2.90. The van der Waals surface area contributed by atoms with Gasteiger partial charge in [-0.2, -0.15) is 0 Å². The number of hydrogen-bond acceptors (Lipinski definition) is 1. The lowest BCUT2D eigenvalue weighted by Crippen LogP contribution is -2.32. The molecule has 0 bridgehead atoms. The fourth-order valence-electron chi connectivity index (χ4n) is 1.06. The molecule has 54 valence electrons. The van der Waals surface area contributed by atoms with Gasteiger partial charge in [-0.3, -0.25) is 0 Å². The van der Waals surface area contributed by atoms with E-state index in [0.717, 1.165) is 6.61 Å². The summed E-state index contributed by atoms with van der Waals surface area (Å²) in [4.78, 5) is 0. The van der Waals surface area contributed by atoms with Crippen molar-refractivity contribution in [1.82, 2.24) is 0 Å². The molecule has 1 heterocycles. The highest BCUT2D eigenvalue weighted by molar-refractivity contribution is 4.73. The molecule has 0 amide bonds. The van der Waals surface area contributed by atoms with Crippen LogP contribution >= 0.6 is 0 Å². The molecular weight excluding hydrogens is 119 g/mol. The molecule has 0 N–H and O–H groups in total. The van der Waals surface area contributed by atoms with Crippen LogP contribution in [0.5, 0.6) is 0 Å². The Morgan fingerprint density at radius 2 is 2.11 bits per heavy atom. The minimum Gasteiger partial charge on any atom is -0.375 e. The molecule has 2 heteroatoms. The van der Waals surface area contributed by atoms with Gasteiger partial charge in [0.15, 0.2) is 0 Å². The zero-order chi connectivity index (χ0) is 6.85. The summed E-state index contributed by atoms with van der Waals surface area (Å²) in [7, 11) is 0. The highest BCUT2D eigenvalue weighted by atomic mass is 19.1. The molecule has 0 aromatic carbocycles. The Bertz CT molecular complexity index is 94.9. The van der Waals surface area contributed by atoms with Crippen LogP contribution in [0, 0.1) is 5.92 Å². The van der Waals surface area contributed by atoms with Crippen molar-refractivity contribution < 1.29 is 9.13 Å². The van der Waals surface area contributed by atoms with Crippen molar-refractivity contribution in [2.75, 3.05) is 6.61 Å². The van der Waals surface area contributed by atoms with Crippen molar-refractivity contribution in [2.45, 2.75) is 32.5 Å². The molecule has 0 radical (unpaired) electrons. The van der Waals surface area contributed by atoms with E-state index in [4.69, 9.17) is 4.74 Å². The summed E-state index contributed by atoms with van der Waals surface area (Å²) in [5, 5.41) is 0. The number of ether oxygens (including phenoxy) is 1. The minimum atomic E-state index is -0.742. The molecule has 1 nitrogen and oxygen atoms in total. The Labute approximate surface area is 55.2 Å². The standard InChI is InChI=1S/C7H13FO/c1-5-3-7(8)6(2)9-4-5/h5-7H,3-4H2,1-2H3. The molecule has 3 atom stereocenters. The Balaban J connectivity index is 2.35. The van der Waals surface area contributed by atoms with Crippen LogP contribution in [0.3, 0.4) is 0 Å². The topological polar surface area (TPSA) is 9.23 Å². The fraction of sp³-hybridized carbons (Fsp3) is 1.00. The molecule has 1 fully saturated rings. The monoisotopic (exact) mass is 132 g/mol. The van der Waals surface area contributed by atoms with Gasteiger partial charge in [-0.25, -0.2) is 4.39 Å². The van der Waals surface area contributed by atoms with Crippen LogP contribution in [0.25, 0.3) is 0 Å². The summed E-state index contributed by atoms with van der Waals surface area (Å²) in [5.74, 6) is 0.399. The molecule has 1 rings (SSSR count). The smallest absolute Gasteiger partial charge is 0.126 e. The number of hydrogen-bond donors (Lipinski definition) is 0. The number of halogens is 1. The van der Waals surface area contributed by atoms with E-state index in [1.807, 2.05) is 6.92 Å². The Kier molecular flexibility index (Phi) is 2.06. The Morgan fingerprint density at radius 1 is 1.44 bits per heavy atom. The summed E-state index contributed by atoms with van der Waals surface area (Å²) in [5.41, 5.74) is 0. The van der Waals surface area contributed by atoms with E-state index in [2.05, 4.69) is 0 Å². The zero-order valence-electron chi connectivity index (χ0n) is 5.93. The van der Waals surface area contributed by atoms with Gasteiger partial charge < -0.3 is 4.74 Å². The summed E-state index contributed by atoms with van der Waals surface area (Å²) in [6.07, 6.45) is -0.254. The van der Waals surface area contributed by atoms with Crippen molar-refractivity contribution >= 4 is 0 Å². The van der Waals surface area contributed by atoms with Gasteiger partial charge in [-0.15, -0.1) is 0 Å². The molecule has 3 unspecified atom stereocenters. The summed E-state index contributed by atoms with van der Waals surface area (Å²) < 4.78 is 17.8. The van der Waals surface area contributed by atoms with Gasteiger partial charge in [-0.05, 0) is 19.3 Å². The molecule has 0 spiro atoms. The third kappa shape index (κ3) is 1.65. The van der Waals surface area contributed by atoms with E-state index in [-0.39, 0.29) is 6.10 Å². The van der Waals surface area contributed by atoms with Crippen LogP contribution in [0.4, 0.5) is 4.39 Å². The van der Waals surface area contributed by atoms with Crippen molar-refractivity contribution in [1.29, 1.82) is 0 Å². The molecule has 1 aliphatic heterocycles. The molecule has 9 heavy (non-hydrogen) atoms. The first-order valence-electron chi connectivity index (χ1n) is 3.46. The maximum absolute atomic E-state index is 12.7. The SMILES string of the molecule is CC1COC(C)C(F)C1. The van der Waals surface area contributed by atoms with Gasteiger partial charge >= 0.3 is 0 Å². The van der Waals surface area contributed by atoms with Crippen molar-refractivity contribution in [3.63, 3.8) is 0 Å². The van der Waals surface area contributed by atoms with Crippen LogP contribution in [0.2, 0.25) is 0 Å². The van der Waals surface area contributed by atoms with E-state index >= 15 is 0 Å². The lowest BCUT2D eigenvalue weighted by molar-refractivity contribution is -0.0530. The minimum absolute atomic E-state index is 0.179. The first kappa shape index (κ1) is 7.00. The fourth-order valence-corrected chi connectivity index (χ4v) is 1.06. The lowest BCUT2D eigenvalue weighted by Gasteiger charge is -2.27. The maximum Gasteiger partial charge on any atom is 0.126 e. The zero-order valence-corrected chi connectivity index (χ0v) is 5.93. The van der Waals surface area contributed by atoms with Gasteiger partial charge in [0.25, 0.3) is 0 Å². The normalized spacial score (nSPS) is 45.0. The molecular formula is C7H13FO. The molecule has 1 aliphatic rings. The number of rotatable bonds is 0. The Morgan fingerprint density at radius 3 is 2.56 bits per heavy atom. The van der Waals surface area contributed by atoms with Gasteiger partial charge in [0.1, 0.15) is 6.17 Å². The van der Waals surface area contributed by atoms with E-state index in [0.29, 0.717) is 12.3 Å². The summed E-state index contributed by atoms with van der Waals surface area (Å²) >= 11 is 0. The summed E-state index contributed by atoms with van der Waals surface area (Å²) in [6, 6.07) is 0. The van der Waals surface area contributed by atoms with Gasteiger partial charge in [0, 0.05) is 6.61 Å². The van der Waals surface area contributed by atoms with Gasteiger partial charge in [0.05, 0.1) is 6.10 Å². The molecule has 0 aliphatic carbocycles.